The number of nitrogens with zero attached hydrogens (tertiary/aromatic N) is 1. The number of carboxylic acids is 1. The Morgan fingerprint density at radius 3 is 2.48 bits per heavy atom. The van der Waals surface area contributed by atoms with Gasteiger partial charge in [0.2, 0.25) is 0 Å². The molecular weight excluding hydrogens is 290 g/mol. The third-order valence-electron chi connectivity index (χ3n) is 4.70. The van der Waals surface area contributed by atoms with Crippen LogP contribution < -0.4 is 0 Å². The van der Waals surface area contributed by atoms with Gasteiger partial charge < -0.3 is 10.0 Å². The van der Waals surface area contributed by atoms with Crippen molar-refractivity contribution in [1.29, 1.82) is 0 Å². The van der Waals surface area contributed by atoms with Gasteiger partial charge in [0.1, 0.15) is 6.04 Å². The lowest BCUT2D eigenvalue weighted by atomic mass is 9.84. The van der Waals surface area contributed by atoms with Gasteiger partial charge in [0, 0.05) is 16.6 Å². The lowest BCUT2D eigenvalue weighted by molar-refractivity contribution is -0.141. The van der Waals surface area contributed by atoms with Crippen LogP contribution in [0.5, 0.6) is 0 Å². The van der Waals surface area contributed by atoms with Crippen LogP contribution >= 0.6 is 11.6 Å². The molecule has 1 aliphatic carbocycles. The second-order valence-corrected chi connectivity index (χ2v) is 6.36. The van der Waals surface area contributed by atoms with Crippen LogP contribution in [0.15, 0.2) is 24.3 Å². The summed E-state index contributed by atoms with van der Waals surface area (Å²) in [7, 11) is 0. The molecule has 2 aliphatic rings. The highest BCUT2D eigenvalue weighted by Gasteiger charge is 2.47. The van der Waals surface area contributed by atoms with Crippen molar-refractivity contribution in [2.75, 3.05) is 0 Å². The molecule has 0 radical (unpaired) electrons. The van der Waals surface area contributed by atoms with Gasteiger partial charge >= 0.3 is 5.97 Å². The molecule has 0 unspecified atom stereocenters. The number of hydrogen-bond acceptors (Lipinski definition) is 2. The Labute approximate surface area is 128 Å². The van der Waals surface area contributed by atoms with Crippen molar-refractivity contribution in [3.05, 3.63) is 34.9 Å². The van der Waals surface area contributed by atoms with Gasteiger partial charge in [0.15, 0.2) is 0 Å². The van der Waals surface area contributed by atoms with E-state index in [-0.39, 0.29) is 11.9 Å². The predicted octanol–water partition coefficient (Wildman–Crippen LogP) is 3.20. The summed E-state index contributed by atoms with van der Waals surface area (Å²) in [4.78, 5) is 25.9. The van der Waals surface area contributed by atoms with Crippen molar-refractivity contribution in [1.82, 2.24) is 4.90 Å². The van der Waals surface area contributed by atoms with E-state index >= 15 is 0 Å². The molecule has 0 bridgehead atoms. The minimum atomic E-state index is -0.897. The van der Waals surface area contributed by atoms with Gasteiger partial charge in [-0.3, -0.25) is 4.79 Å². The first kappa shape index (κ1) is 14.4. The Morgan fingerprint density at radius 1 is 1.14 bits per heavy atom. The van der Waals surface area contributed by atoms with E-state index in [9.17, 15) is 14.7 Å². The van der Waals surface area contributed by atoms with Gasteiger partial charge in [-0.25, -0.2) is 4.79 Å². The summed E-state index contributed by atoms with van der Waals surface area (Å²) in [6, 6.07) is 6.04. The molecule has 3 rings (SSSR count). The number of carbonyl (C=O) groups is 2. The zero-order chi connectivity index (χ0) is 15.0. The van der Waals surface area contributed by atoms with Crippen LogP contribution in [-0.4, -0.2) is 34.0 Å². The molecule has 112 valence electrons. The summed E-state index contributed by atoms with van der Waals surface area (Å²) in [5, 5.41) is 10.0. The Balaban J connectivity index is 1.90. The molecule has 3 atom stereocenters. The molecule has 2 fully saturated rings. The summed E-state index contributed by atoms with van der Waals surface area (Å²) in [5.74, 6) is -0.753. The largest absolute Gasteiger partial charge is 0.480 e. The van der Waals surface area contributed by atoms with Crippen LogP contribution in [-0.2, 0) is 4.79 Å². The summed E-state index contributed by atoms with van der Waals surface area (Å²) < 4.78 is 0. The van der Waals surface area contributed by atoms with E-state index in [1.165, 1.54) is 0 Å². The van der Waals surface area contributed by atoms with Gasteiger partial charge in [-0.05, 0) is 49.4 Å². The second kappa shape index (κ2) is 5.68. The molecule has 0 spiro atoms. The van der Waals surface area contributed by atoms with Crippen LogP contribution in [0.25, 0.3) is 0 Å². The van der Waals surface area contributed by atoms with Crippen molar-refractivity contribution in [2.24, 2.45) is 5.92 Å². The number of likely N-dealkylation sites (tertiary alicyclic amines) is 1. The highest BCUT2D eigenvalue weighted by atomic mass is 35.5. The van der Waals surface area contributed by atoms with Crippen LogP contribution in [0, 0.1) is 5.92 Å². The fraction of sp³-hybridized carbons (Fsp3) is 0.500. The van der Waals surface area contributed by atoms with Crippen molar-refractivity contribution >= 4 is 23.5 Å². The fourth-order valence-corrected chi connectivity index (χ4v) is 3.84. The second-order valence-electron chi connectivity index (χ2n) is 5.92. The Bertz CT molecular complexity index is 557. The van der Waals surface area contributed by atoms with Crippen molar-refractivity contribution in [3.63, 3.8) is 0 Å². The maximum absolute atomic E-state index is 12.7. The zero-order valence-electron chi connectivity index (χ0n) is 11.7. The SMILES string of the molecule is O=C(O)[C@@H]1C[C@@H]2CCCC[C@@H]2N1C(=O)c1ccc(Cl)cc1. The number of carbonyl (C=O) groups excluding carboxylic acids is 1. The first-order valence-electron chi connectivity index (χ1n) is 7.39. The number of amides is 1. The number of hydrogen-bond donors (Lipinski definition) is 1. The Morgan fingerprint density at radius 2 is 1.81 bits per heavy atom. The molecule has 0 aromatic heterocycles. The molecular formula is C16H18ClNO3. The van der Waals surface area contributed by atoms with Crippen molar-refractivity contribution < 1.29 is 14.7 Å². The average Bonchev–Trinajstić information content (AvgIpc) is 2.87. The lowest BCUT2D eigenvalue weighted by Crippen LogP contribution is -2.46. The van der Waals surface area contributed by atoms with Crippen molar-refractivity contribution in [3.8, 4) is 0 Å². The number of carboxylic acid groups (broad SMARTS) is 1. The normalized spacial score (nSPS) is 28.2. The quantitative estimate of drug-likeness (QED) is 0.913. The minimum Gasteiger partial charge on any atom is -0.480 e. The smallest absolute Gasteiger partial charge is 0.326 e. The molecule has 1 saturated carbocycles. The van der Waals surface area contributed by atoms with E-state index < -0.39 is 12.0 Å². The third-order valence-corrected chi connectivity index (χ3v) is 4.95. The highest BCUT2D eigenvalue weighted by Crippen LogP contribution is 2.40. The molecule has 1 amide bonds. The molecule has 1 saturated heterocycles. The van der Waals surface area contributed by atoms with E-state index in [0.717, 1.165) is 25.7 Å². The Kier molecular flexibility index (Phi) is 3.89. The lowest BCUT2D eigenvalue weighted by Gasteiger charge is -2.33. The number of fused-ring (bicyclic) bond motifs is 1. The third kappa shape index (κ3) is 2.64. The van der Waals surface area contributed by atoms with Crippen LogP contribution in [0.1, 0.15) is 42.5 Å². The molecule has 4 nitrogen and oxygen atoms in total. The Hall–Kier alpha value is -1.55. The number of rotatable bonds is 2. The highest BCUT2D eigenvalue weighted by molar-refractivity contribution is 6.30. The predicted molar refractivity (Wildman–Crippen MR) is 79.4 cm³/mol. The minimum absolute atomic E-state index is 0.0722. The number of benzene rings is 1. The number of aliphatic carboxylic acids is 1. The van der Waals surface area contributed by atoms with Gasteiger partial charge in [-0.15, -0.1) is 0 Å². The van der Waals surface area contributed by atoms with Crippen LogP contribution in [0.4, 0.5) is 0 Å². The summed E-state index contributed by atoms with van der Waals surface area (Å²) in [6.07, 6.45) is 4.72. The van der Waals surface area contributed by atoms with E-state index in [1.54, 1.807) is 29.2 Å². The van der Waals surface area contributed by atoms with Gasteiger partial charge in [-0.2, -0.15) is 0 Å². The first-order chi connectivity index (χ1) is 10.1. The maximum Gasteiger partial charge on any atom is 0.326 e. The van der Waals surface area contributed by atoms with E-state index in [1.807, 2.05) is 0 Å². The monoisotopic (exact) mass is 307 g/mol. The summed E-state index contributed by atoms with van der Waals surface area (Å²) in [6.45, 7) is 0. The summed E-state index contributed by atoms with van der Waals surface area (Å²) in [5.41, 5.74) is 0.511. The summed E-state index contributed by atoms with van der Waals surface area (Å²) >= 11 is 5.85. The van der Waals surface area contributed by atoms with Crippen LogP contribution in [0.3, 0.4) is 0 Å². The number of halogens is 1. The first-order valence-corrected chi connectivity index (χ1v) is 7.77. The molecule has 5 heteroatoms. The fourth-order valence-electron chi connectivity index (χ4n) is 3.71. The molecule has 1 heterocycles. The maximum atomic E-state index is 12.7. The topological polar surface area (TPSA) is 57.6 Å². The standard InChI is InChI=1S/C16H18ClNO3/c17-12-7-5-10(6-8-12)15(19)18-13-4-2-1-3-11(13)9-14(18)16(20)21/h5-8,11,13-14H,1-4,9H2,(H,20,21)/t11-,13-,14-/m0/s1. The molecule has 1 aliphatic heterocycles. The van der Waals surface area contributed by atoms with Gasteiger partial charge in [0.05, 0.1) is 0 Å². The zero-order valence-corrected chi connectivity index (χ0v) is 12.4. The van der Waals surface area contributed by atoms with E-state index in [4.69, 9.17) is 11.6 Å². The average molecular weight is 308 g/mol. The molecule has 21 heavy (non-hydrogen) atoms. The van der Waals surface area contributed by atoms with Crippen molar-refractivity contribution in [2.45, 2.75) is 44.2 Å². The van der Waals surface area contributed by atoms with Crippen LogP contribution in [0.2, 0.25) is 5.02 Å². The van der Waals surface area contributed by atoms with E-state index in [2.05, 4.69) is 0 Å². The van der Waals surface area contributed by atoms with Gasteiger partial charge in [-0.1, -0.05) is 24.4 Å². The molecule has 1 aromatic carbocycles. The van der Waals surface area contributed by atoms with E-state index in [0.29, 0.717) is 22.9 Å². The molecule has 1 aromatic rings. The molecule has 1 N–H and O–H groups in total. The van der Waals surface area contributed by atoms with Gasteiger partial charge in [0.25, 0.3) is 5.91 Å².